The van der Waals surface area contributed by atoms with Gasteiger partial charge in [-0.1, -0.05) is 24.3 Å². The largest absolute Gasteiger partial charge is 0.444 e. The van der Waals surface area contributed by atoms with Crippen LogP contribution in [-0.2, 0) is 11.2 Å². The van der Waals surface area contributed by atoms with Crippen molar-refractivity contribution >= 4 is 23.4 Å². The molecule has 2 aromatic rings. The minimum absolute atomic E-state index is 0.0648. The minimum Gasteiger partial charge on any atom is -0.444 e. The number of anilines is 2. The van der Waals surface area contributed by atoms with Crippen molar-refractivity contribution in [1.82, 2.24) is 0 Å². The number of carbonyl (C=O) groups is 2. The average Bonchev–Trinajstić information content (AvgIpc) is 2.59. The van der Waals surface area contributed by atoms with Gasteiger partial charge in [0, 0.05) is 23.5 Å². The lowest BCUT2D eigenvalue weighted by atomic mass is 10.0. The number of ether oxygens (including phenoxy) is 1. The molecule has 136 valence electrons. The summed E-state index contributed by atoms with van der Waals surface area (Å²) >= 11 is 0. The van der Waals surface area contributed by atoms with E-state index in [1.54, 1.807) is 45.0 Å². The standard InChI is InChI=1S/C21H24N2O3/c1-21(2,3)26-20(25)22-17-11-6-9-16(14-17)19(24)23-13-7-10-15-8-4-5-12-18(15)23/h4-6,8-9,11-12,14H,7,10,13H2,1-3H3,(H,22,25). The van der Waals surface area contributed by atoms with Crippen molar-refractivity contribution in [2.24, 2.45) is 0 Å². The lowest BCUT2D eigenvalue weighted by molar-refractivity contribution is 0.0635. The van der Waals surface area contributed by atoms with Crippen molar-refractivity contribution in [3.63, 3.8) is 0 Å². The molecule has 2 aromatic carbocycles. The third-order valence-corrected chi connectivity index (χ3v) is 4.11. The first-order chi connectivity index (χ1) is 12.3. The zero-order valence-corrected chi connectivity index (χ0v) is 15.4. The number of nitrogens with one attached hydrogen (secondary N) is 1. The Morgan fingerprint density at radius 1 is 1.08 bits per heavy atom. The molecule has 0 aromatic heterocycles. The first-order valence-corrected chi connectivity index (χ1v) is 8.83. The number of hydrogen-bond acceptors (Lipinski definition) is 3. The molecule has 1 aliphatic heterocycles. The third-order valence-electron chi connectivity index (χ3n) is 4.11. The van der Waals surface area contributed by atoms with Crippen molar-refractivity contribution in [2.45, 2.75) is 39.2 Å². The molecule has 0 unspecified atom stereocenters. The summed E-state index contributed by atoms with van der Waals surface area (Å²) in [6, 6.07) is 14.9. The molecule has 3 rings (SSSR count). The van der Waals surface area contributed by atoms with Crippen LogP contribution in [0.25, 0.3) is 0 Å². The topological polar surface area (TPSA) is 58.6 Å². The van der Waals surface area contributed by atoms with Gasteiger partial charge in [0.1, 0.15) is 5.60 Å². The lowest BCUT2D eigenvalue weighted by Gasteiger charge is -2.29. The van der Waals surface area contributed by atoms with Gasteiger partial charge in [-0.05, 0) is 63.4 Å². The molecule has 5 nitrogen and oxygen atoms in total. The monoisotopic (exact) mass is 352 g/mol. The molecule has 2 amide bonds. The molecule has 0 atom stereocenters. The van der Waals surface area contributed by atoms with E-state index in [2.05, 4.69) is 11.4 Å². The van der Waals surface area contributed by atoms with Crippen LogP contribution in [0.15, 0.2) is 48.5 Å². The third kappa shape index (κ3) is 4.23. The van der Waals surface area contributed by atoms with Gasteiger partial charge < -0.3 is 9.64 Å². The molecule has 0 saturated heterocycles. The highest BCUT2D eigenvalue weighted by Crippen LogP contribution is 2.28. The average molecular weight is 352 g/mol. The maximum Gasteiger partial charge on any atom is 0.412 e. The van der Waals surface area contributed by atoms with E-state index in [-0.39, 0.29) is 5.91 Å². The Kier molecular flexibility index (Phi) is 4.98. The van der Waals surface area contributed by atoms with Gasteiger partial charge in [0.25, 0.3) is 5.91 Å². The summed E-state index contributed by atoms with van der Waals surface area (Å²) in [6.45, 7) is 6.11. The Balaban J connectivity index is 1.78. The van der Waals surface area contributed by atoms with Crippen LogP contribution in [0.1, 0.15) is 43.1 Å². The minimum atomic E-state index is -0.574. The van der Waals surface area contributed by atoms with E-state index < -0.39 is 11.7 Å². The molecule has 0 bridgehead atoms. The van der Waals surface area contributed by atoms with Crippen LogP contribution in [0.5, 0.6) is 0 Å². The molecular weight excluding hydrogens is 328 g/mol. The second kappa shape index (κ2) is 7.20. The Labute approximate surface area is 154 Å². The number of para-hydroxylation sites is 1. The molecule has 1 aliphatic rings. The van der Waals surface area contributed by atoms with Crippen LogP contribution in [0.3, 0.4) is 0 Å². The van der Waals surface area contributed by atoms with Crippen LogP contribution in [-0.4, -0.2) is 24.1 Å². The first-order valence-electron chi connectivity index (χ1n) is 8.83. The second-order valence-corrected chi connectivity index (χ2v) is 7.40. The summed E-state index contributed by atoms with van der Waals surface area (Å²) in [5.41, 5.74) is 2.66. The van der Waals surface area contributed by atoms with Crippen LogP contribution in [0, 0.1) is 0 Å². The number of hydrogen-bond donors (Lipinski definition) is 1. The van der Waals surface area contributed by atoms with E-state index >= 15 is 0 Å². The zero-order valence-electron chi connectivity index (χ0n) is 15.4. The fraction of sp³-hybridized carbons (Fsp3) is 0.333. The normalized spacial score (nSPS) is 13.7. The van der Waals surface area contributed by atoms with Crippen LogP contribution < -0.4 is 10.2 Å². The fourth-order valence-corrected chi connectivity index (χ4v) is 3.05. The Morgan fingerprint density at radius 3 is 2.62 bits per heavy atom. The van der Waals surface area contributed by atoms with Crippen molar-refractivity contribution in [1.29, 1.82) is 0 Å². The maximum atomic E-state index is 13.0. The van der Waals surface area contributed by atoms with Gasteiger partial charge in [-0.2, -0.15) is 0 Å². The van der Waals surface area contributed by atoms with Gasteiger partial charge in [0.2, 0.25) is 0 Å². The van der Waals surface area contributed by atoms with Crippen LogP contribution in [0.4, 0.5) is 16.2 Å². The van der Waals surface area contributed by atoms with Gasteiger partial charge in [0.05, 0.1) is 0 Å². The fourth-order valence-electron chi connectivity index (χ4n) is 3.05. The highest BCUT2D eigenvalue weighted by atomic mass is 16.6. The van der Waals surface area contributed by atoms with Gasteiger partial charge in [-0.25, -0.2) is 4.79 Å². The summed E-state index contributed by atoms with van der Waals surface area (Å²) in [5.74, 6) is -0.0648. The highest BCUT2D eigenvalue weighted by Gasteiger charge is 2.23. The van der Waals surface area contributed by atoms with Crippen molar-refractivity contribution in [2.75, 3.05) is 16.8 Å². The highest BCUT2D eigenvalue weighted by molar-refractivity contribution is 6.07. The number of rotatable bonds is 2. The predicted octanol–water partition coefficient (Wildman–Crippen LogP) is 4.63. The van der Waals surface area contributed by atoms with Gasteiger partial charge in [-0.3, -0.25) is 10.1 Å². The maximum absolute atomic E-state index is 13.0. The number of nitrogens with zero attached hydrogens (tertiary/aromatic N) is 1. The number of aryl methyl sites for hydroxylation is 1. The van der Waals surface area contributed by atoms with E-state index in [4.69, 9.17) is 4.74 Å². The Hall–Kier alpha value is -2.82. The summed E-state index contributed by atoms with van der Waals surface area (Å²) in [6.07, 6.45) is 1.39. The molecule has 0 fully saturated rings. The van der Waals surface area contributed by atoms with E-state index in [0.717, 1.165) is 18.5 Å². The molecule has 0 aliphatic carbocycles. The van der Waals surface area contributed by atoms with Crippen molar-refractivity contribution in [3.05, 3.63) is 59.7 Å². The SMILES string of the molecule is CC(C)(C)OC(=O)Nc1cccc(C(=O)N2CCCc3ccccc32)c1. The summed E-state index contributed by atoms with van der Waals surface area (Å²) in [4.78, 5) is 26.8. The van der Waals surface area contributed by atoms with E-state index in [1.807, 2.05) is 23.1 Å². The van der Waals surface area contributed by atoms with E-state index in [9.17, 15) is 9.59 Å². The summed E-state index contributed by atoms with van der Waals surface area (Å²) < 4.78 is 5.26. The first kappa shape index (κ1) is 18.0. The van der Waals surface area contributed by atoms with Crippen LogP contribution in [0.2, 0.25) is 0 Å². The molecular formula is C21H24N2O3. The molecule has 1 N–H and O–H groups in total. The zero-order chi connectivity index (χ0) is 18.7. The van der Waals surface area contributed by atoms with E-state index in [1.165, 1.54) is 5.56 Å². The summed E-state index contributed by atoms with van der Waals surface area (Å²) in [7, 11) is 0. The quantitative estimate of drug-likeness (QED) is 0.857. The van der Waals surface area contributed by atoms with Gasteiger partial charge >= 0.3 is 6.09 Å². The van der Waals surface area contributed by atoms with Crippen LogP contribution >= 0.6 is 0 Å². The molecule has 26 heavy (non-hydrogen) atoms. The van der Waals surface area contributed by atoms with Gasteiger partial charge in [-0.15, -0.1) is 0 Å². The number of benzene rings is 2. The summed E-state index contributed by atoms with van der Waals surface area (Å²) in [5, 5.41) is 2.68. The molecule has 0 spiro atoms. The second-order valence-electron chi connectivity index (χ2n) is 7.40. The smallest absolute Gasteiger partial charge is 0.412 e. The predicted molar refractivity (Wildman–Crippen MR) is 103 cm³/mol. The lowest BCUT2D eigenvalue weighted by Crippen LogP contribution is -2.35. The number of fused-ring (bicyclic) bond motifs is 1. The number of carbonyl (C=O) groups excluding carboxylic acids is 2. The molecule has 0 saturated carbocycles. The van der Waals surface area contributed by atoms with E-state index in [0.29, 0.717) is 17.8 Å². The molecule has 1 heterocycles. The Bertz CT molecular complexity index is 824. The number of amides is 2. The molecule has 0 radical (unpaired) electrons. The Morgan fingerprint density at radius 2 is 1.85 bits per heavy atom. The van der Waals surface area contributed by atoms with Crippen molar-refractivity contribution < 1.29 is 14.3 Å². The molecule has 5 heteroatoms. The van der Waals surface area contributed by atoms with Gasteiger partial charge in [0.15, 0.2) is 0 Å². The van der Waals surface area contributed by atoms with Crippen molar-refractivity contribution in [3.8, 4) is 0 Å².